The molecule has 0 saturated carbocycles. The summed E-state index contributed by atoms with van der Waals surface area (Å²) in [5.74, 6) is 0. The average molecular weight is 229 g/mol. The summed E-state index contributed by atoms with van der Waals surface area (Å²) in [6.07, 6.45) is 1.97. The zero-order valence-electron chi connectivity index (χ0n) is 10.8. The highest BCUT2D eigenvalue weighted by molar-refractivity contribution is 5.68. The van der Waals surface area contributed by atoms with Crippen LogP contribution in [0.2, 0.25) is 0 Å². The summed E-state index contributed by atoms with van der Waals surface area (Å²) < 4.78 is 10.9. The van der Waals surface area contributed by atoms with Crippen LogP contribution in [-0.4, -0.2) is 42.4 Å². The first kappa shape index (κ1) is 13.3. The third-order valence-electron chi connectivity index (χ3n) is 2.43. The molecule has 0 spiro atoms. The van der Waals surface area contributed by atoms with Crippen molar-refractivity contribution in [1.29, 1.82) is 0 Å². The highest BCUT2D eigenvalue weighted by Crippen LogP contribution is 2.16. The summed E-state index contributed by atoms with van der Waals surface area (Å²) in [6.45, 7) is 9.76. The van der Waals surface area contributed by atoms with Gasteiger partial charge < -0.3 is 14.4 Å². The van der Waals surface area contributed by atoms with Crippen LogP contribution in [0.5, 0.6) is 0 Å². The average Bonchev–Trinajstić information content (AvgIpc) is 2.16. The summed E-state index contributed by atoms with van der Waals surface area (Å²) >= 11 is 0. The Morgan fingerprint density at radius 1 is 1.44 bits per heavy atom. The Morgan fingerprint density at radius 2 is 2.12 bits per heavy atom. The number of ether oxygens (including phenoxy) is 2. The molecule has 0 unspecified atom stereocenters. The first-order valence-electron chi connectivity index (χ1n) is 6.02. The number of hydrogen-bond acceptors (Lipinski definition) is 3. The molecule has 0 bridgehead atoms. The van der Waals surface area contributed by atoms with E-state index < -0.39 is 5.60 Å². The molecule has 4 nitrogen and oxygen atoms in total. The number of likely N-dealkylation sites (tertiary alicyclic amines) is 1. The Hall–Kier alpha value is -0.770. The molecule has 1 fully saturated rings. The van der Waals surface area contributed by atoms with Crippen LogP contribution in [0, 0.1) is 0 Å². The van der Waals surface area contributed by atoms with Gasteiger partial charge in [-0.2, -0.15) is 0 Å². The molecule has 0 aromatic rings. The zero-order valence-corrected chi connectivity index (χ0v) is 10.8. The normalized spacial score (nSPS) is 22.0. The van der Waals surface area contributed by atoms with Crippen molar-refractivity contribution >= 4 is 6.09 Å². The van der Waals surface area contributed by atoms with Crippen LogP contribution >= 0.6 is 0 Å². The number of piperidine rings is 1. The molecular formula is C12H23NO3. The lowest BCUT2D eigenvalue weighted by Crippen LogP contribution is -2.45. The predicted molar refractivity (Wildman–Crippen MR) is 62.5 cm³/mol. The van der Waals surface area contributed by atoms with Crippen LogP contribution in [0.4, 0.5) is 4.79 Å². The SMILES string of the molecule is CCO[C@H]1CCCN(C(=O)OC(C)(C)C)C1. The highest BCUT2D eigenvalue weighted by Gasteiger charge is 2.27. The fraction of sp³-hybridized carbons (Fsp3) is 0.917. The van der Waals surface area contributed by atoms with Crippen LogP contribution in [0.15, 0.2) is 0 Å². The fourth-order valence-electron chi connectivity index (χ4n) is 1.80. The fourth-order valence-corrected chi connectivity index (χ4v) is 1.80. The van der Waals surface area contributed by atoms with E-state index in [-0.39, 0.29) is 12.2 Å². The van der Waals surface area contributed by atoms with Crippen LogP contribution in [0.3, 0.4) is 0 Å². The molecule has 1 rings (SSSR count). The van der Waals surface area contributed by atoms with E-state index in [2.05, 4.69) is 0 Å². The van der Waals surface area contributed by atoms with Gasteiger partial charge in [0.05, 0.1) is 12.6 Å². The van der Waals surface area contributed by atoms with Gasteiger partial charge in [-0.25, -0.2) is 4.79 Å². The maximum Gasteiger partial charge on any atom is 0.410 e. The first-order valence-corrected chi connectivity index (χ1v) is 6.02. The molecule has 1 saturated heterocycles. The van der Waals surface area contributed by atoms with E-state index in [4.69, 9.17) is 9.47 Å². The topological polar surface area (TPSA) is 38.8 Å². The van der Waals surface area contributed by atoms with Gasteiger partial charge in [0.2, 0.25) is 0 Å². The summed E-state index contributed by atoms with van der Waals surface area (Å²) in [5.41, 5.74) is -0.421. The molecule has 1 atom stereocenters. The minimum absolute atomic E-state index is 0.172. The minimum Gasteiger partial charge on any atom is -0.444 e. The van der Waals surface area contributed by atoms with E-state index in [1.54, 1.807) is 4.90 Å². The lowest BCUT2D eigenvalue weighted by molar-refractivity contribution is -0.0170. The van der Waals surface area contributed by atoms with E-state index in [1.807, 2.05) is 27.7 Å². The van der Waals surface area contributed by atoms with Gasteiger partial charge in [-0.3, -0.25) is 0 Å². The van der Waals surface area contributed by atoms with Gasteiger partial charge in [-0.1, -0.05) is 0 Å². The first-order chi connectivity index (χ1) is 7.42. The monoisotopic (exact) mass is 229 g/mol. The predicted octanol–water partition coefficient (Wildman–Crippen LogP) is 2.42. The molecule has 94 valence electrons. The number of hydrogen-bond donors (Lipinski definition) is 0. The van der Waals surface area contributed by atoms with Crippen molar-refractivity contribution in [2.45, 2.75) is 52.2 Å². The van der Waals surface area contributed by atoms with E-state index >= 15 is 0 Å². The summed E-state index contributed by atoms with van der Waals surface area (Å²) in [7, 11) is 0. The van der Waals surface area contributed by atoms with Crippen molar-refractivity contribution in [3.8, 4) is 0 Å². The summed E-state index contributed by atoms with van der Waals surface area (Å²) in [4.78, 5) is 13.6. The molecule has 0 N–H and O–H groups in total. The molecule has 16 heavy (non-hydrogen) atoms. The number of rotatable bonds is 2. The maximum atomic E-state index is 11.8. The zero-order chi connectivity index (χ0) is 12.2. The van der Waals surface area contributed by atoms with Crippen molar-refractivity contribution in [3.05, 3.63) is 0 Å². The minimum atomic E-state index is -0.421. The molecule has 4 heteroatoms. The van der Waals surface area contributed by atoms with Crippen molar-refractivity contribution in [2.75, 3.05) is 19.7 Å². The molecule has 1 amide bonds. The van der Waals surface area contributed by atoms with Gasteiger partial charge in [0.25, 0.3) is 0 Å². The van der Waals surface area contributed by atoms with Crippen LogP contribution in [0.1, 0.15) is 40.5 Å². The van der Waals surface area contributed by atoms with Crippen molar-refractivity contribution in [2.24, 2.45) is 0 Å². The van der Waals surface area contributed by atoms with Crippen LogP contribution in [0.25, 0.3) is 0 Å². The van der Waals surface area contributed by atoms with E-state index in [1.165, 1.54) is 0 Å². The quantitative estimate of drug-likeness (QED) is 0.730. The molecular weight excluding hydrogens is 206 g/mol. The second kappa shape index (κ2) is 5.53. The number of nitrogens with zero attached hydrogens (tertiary/aromatic N) is 1. The van der Waals surface area contributed by atoms with Crippen molar-refractivity contribution in [1.82, 2.24) is 4.90 Å². The molecule has 1 aliphatic heterocycles. The molecule has 0 radical (unpaired) electrons. The van der Waals surface area contributed by atoms with Gasteiger partial charge in [0.1, 0.15) is 5.60 Å². The Balaban J connectivity index is 2.44. The smallest absolute Gasteiger partial charge is 0.410 e. The van der Waals surface area contributed by atoms with E-state index in [0.717, 1.165) is 19.4 Å². The molecule has 0 aliphatic carbocycles. The Bertz CT molecular complexity index is 233. The van der Waals surface area contributed by atoms with Crippen LogP contribution in [-0.2, 0) is 9.47 Å². The second-order valence-corrected chi connectivity index (χ2v) is 5.15. The van der Waals surface area contributed by atoms with Gasteiger partial charge in [-0.15, -0.1) is 0 Å². The van der Waals surface area contributed by atoms with Gasteiger partial charge in [0.15, 0.2) is 0 Å². The lowest BCUT2D eigenvalue weighted by Gasteiger charge is -2.33. The molecule has 1 aliphatic rings. The van der Waals surface area contributed by atoms with Gasteiger partial charge >= 0.3 is 6.09 Å². The lowest BCUT2D eigenvalue weighted by atomic mass is 10.1. The number of amides is 1. The Morgan fingerprint density at radius 3 is 2.69 bits per heavy atom. The van der Waals surface area contributed by atoms with Crippen molar-refractivity contribution < 1.29 is 14.3 Å². The molecule has 0 aromatic carbocycles. The number of carbonyl (C=O) groups excluding carboxylic acids is 1. The highest BCUT2D eigenvalue weighted by atomic mass is 16.6. The standard InChI is InChI=1S/C12H23NO3/c1-5-15-10-7-6-8-13(9-10)11(14)16-12(2,3)4/h10H,5-9H2,1-4H3/t10-/m0/s1. The third-order valence-corrected chi connectivity index (χ3v) is 2.43. The molecule has 0 aromatic heterocycles. The summed E-state index contributed by atoms with van der Waals surface area (Å²) in [5, 5.41) is 0. The van der Waals surface area contributed by atoms with Gasteiger partial charge in [0, 0.05) is 13.2 Å². The summed E-state index contributed by atoms with van der Waals surface area (Å²) in [6, 6.07) is 0. The van der Waals surface area contributed by atoms with Gasteiger partial charge in [-0.05, 0) is 40.5 Å². The maximum absolute atomic E-state index is 11.8. The van der Waals surface area contributed by atoms with Crippen molar-refractivity contribution in [3.63, 3.8) is 0 Å². The third kappa shape index (κ3) is 4.39. The Labute approximate surface area is 97.9 Å². The number of carbonyl (C=O) groups is 1. The van der Waals surface area contributed by atoms with E-state index in [9.17, 15) is 4.79 Å². The Kier molecular flexibility index (Phi) is 4.59. The second-order valence-electron chi connectivity index (χ2n) is 5.15. The molecule has 1 heterocycles. The largest absolute Gasteiger partial charge is 0.444 e. The van der Waals surface area contributed by atoms with E-state index in [0.29, 0.717) is 13.2 Å². The van der Waals surface area contributed by atoms with Crippen LogP contribution < -0.4 is 0 Å².